The highest BCUT2D eigenvalue weighted by Gasteiger charge is 2.55. The molecular formula is C22H22F3N5S2. The number of hydrogen-bond acceptors (Lipinski definition) is 7. The Hall–Kier alpha value is -2.07. The third-order valence-corrected chi connectivity index (χ3v) is 9.07. The van der Waals surface area contributed by atoms with Crippen LogP contribution in [0.15, 0.2) is 34.7 Å². The van der Waals surface area contributed by atoms with Crippen LogP contribution in [-0.2, 0) is 6.18 Å². The number of thioether (sulfide) groups is 1. The first-order valence-electron chi connectivity index (χ1n) is 10.9. The van der Waals surface area contributed by atoms with Crippen LogP contribution in [0.3, 0.4) is 0 Å². The Bertz CT molecular complexity index is 1100. The van der Waals surface area contributed by atoms with Gasteiger partial charge in [-0.1, -0.05) is 23.9 Å². The monoisotopic (exact) mass is 477 g/mol. The average molecular weight is 478 g/mol. The van der Waals surface area contributed by atoms with Crippen molar-refractivity contribution in [3.8, 4) is 0 Å². The molecule has 5 nitrogen and oxygen atoms in total. The van der Waals surface area contributed by atoms with E-state index in [1.807, 2.05) is 28.0 Å². The number of rotatable bonds is 5. The van der Waals surface area contributed by atoms with Crippen LogP contribution in [0.4, 0.5) is 24.9 Å². The van der Waals surface area contributed by atoms with Crippen LogP contribution in [0.25, 0.3) is 10.2 Å². The maximum absolute atomic E-state index is 13.5. The van der Waals surface area contributed by atoms with Crippen molar-refractivity contribution in [3.05, 3.63) is 36.0 Å². The molecule has 168 valence electrons. The fourth-order valence-electron chi connectivity index (χ4n) is 4.95. The van der Waals surface area contributed by atoms with Gasteiger partial charge in [0.05, 0.1) is 10.2 Å². The Balaban J connectivity index is 1.12. The lowest BCUT2D eigenvalue weighted by atomic mass is 10.3. The zero-order valence-electron chi connectivity index (χ0n) is 17.3. The van der Waals surface area contributed by atoms with Crippen molar-refractivity contribution in [2.45, 2.75) is 23.4 Å². The van der Waals surface area contributed by atoms with E-state index in [9.17, 15) is 13.2 Å². The molecule has 2 aromatic heterocycles. The smallest absolute Gasteiger partial charge is 0.356 e. The van der Waals surface area contributed by atoms with E-state index in [0.717, 1.165) is 60.7 Å². The van der Waals surface area contributed by atoms with Gasteiger partial charge in [-0.2, -0.15) is 18.2 Å². The maximum atomic E-state index is 13.5. The molecule has 1 aromatic carbocycles. The molecule has 1 aliphatic carbocycles. The number of nitrogens with zero attached hydrogens (tertiary/aromatic N) is 5. The topological polar surface area (TPSA) is 45.2 Å². The summed E-state index contributed by atoms with van der Waals surface area (Å²) < 4.78 is 42.7. The van der Waals surface area contributed by atoms with Gasteiger partial charge in [0.15, 0.2) is 10.0 Å². The van der Waals surface area contributed by atoms with Crippen molar-refractivity contribution >= 4 is 45.1 Å². The first-order chi connectivity index (χ1) is 15.5. The van der Waals surface area contributed by atoms with Gasteiger partial charge in [-0.15, -0.1) is 11.3 Å². The molecular weight excluding hydrogens is 455 g/mol. The van der Waals surface area contributed by atoms with Gasteiger partial charge in [-0.05, 0) is 42.7 Å². The summed E-state index contributed by atoms with van der Waals surface area (Å²) in [6.07, 6.45) is -2.53. The minimum absolute atomic E-state index is 0.218. The van der Waals surface area contributed by atoms with Gasteiger partial charge in [0.1, 0.15) is 5.82 Å². The Labute approximate surface area is 192 Å². The summed E-state index contributed by atoms with van der Waals surface area (Å²) in [6.45, 7) is 2.97. The molecule has 0 radical (unpaired) electrons. The van der Waals surface area contributed by atoms with E-state index < -0.39 is 11.9 Å². The molecule has 10 heteroatoms. The number of para-hydroxylation sites is 1. The quantitative estimate of drug-likeness (QED) is 0.472. The lowest BCUT2D eigenvalue weighted by molar-refractivity contribution is -0.141. The Kier molecular flexibility index (Phi) is 4.98. The molecule has 0 N–H and O–H groups in total. The summed E-state index contributed by atoms with van der Waals surface area (Å²) in [5.74, 6) is 3.30. The van der Waals surface area contributed by atoms with Crippen LogP contribution in [0.2, 0.25) is 0 Å². The number of piperidine rings is 1. The number of alkyl halides is 3. The third kappa shape index (κ3) is 3.81. The molecule has 3 fully saturated rings. The molecule has 2 aliphatic heterocycles. The van der Waals surface area contributed by atoms with Gasteiger partial charge in [0, 0.05) is 38.0 Å². The van der Waals surface area contributed by atoms with Crippen LogP contribution in [0.1, 0.15) is 18.5 Å². The largest absolute Gasteiger partial charge is 0.433 e. The van der Waals surface area contributed by atoms with Gasteiger partial charge in [0.25, 0.3) is 0 Å². The van der Waals surface area contributed by atoms with Crippen molar-refractivity contribution < 1.29 is 13.2 Å². The zero-order chi connectivity index (χ0) is 21.9. The molecule has 2 unspecified atom stereocenters. The molecule has 0 spiro atoms. The van der Waals surface area contributed by atoms with E-state index in [0.29, 0.717) is 23.6 Å². The van der Waals surface area contributed by atoms with Crippen LogP contribution in [0.5, 0.6) is 0 Å². The predicted molar refractivity (Wildman–Crippen MR) is 122 cm³/mol. The van der Waals surface area contributed by atoms with Crippen LogP contribution < -0.4 is 9.80 Å². The van der Waals surface area contributed by atoms with E-state index in [-0.39, 0.29) is 5.95 Å². The standard InChI is InChI=1S/C22H22F3N5S2/c23-22(24,25)18-9-19(28-20(27-18)29-7-3-4-8-29)30-10-13-14(11-30)15(13)12-31-21-26-16-5-1-2-6-17(16)32-21/h1-2,5-6,9,13-15H,3-4,7-8,10-12H2. The van der Waals surface area contributed by atoms with Crippen LogP contribution in [-0.4, -0.2) is 46.9 Å². The predicted octanol–water partition coefficient (Wildman–Crippen LogP) is 5.18. The van der Waals surface area contributed by atoms with Crippen LogP contribution in [0, 0.1) is 17.8 Å². The lowest BCUT2D eigenvalue weighted by Gasteiger charge is -2.24. The van der Waals surface area contributed by atoms with Gasteiger partial charge in [-0.3, -0.25) is 0 Å². The van der Waals surface area contributed by atoms with Crippen molar-refractivity contribution in [3.63, 3.8) is 0 Å². The van der Waals surface area contributed by atoms with E-state index >= 15 is 0 Å². The van der Waals surface area contributed by atoms with Crippen molar-refractivity contribution in [1.82, 2.24) is 15.0 Å². The summed E-state index contributed by atoms with van der Waals surface area (Å²) >= 11 is 3.53. The highest BCUT2D eigenvalue weighted by atomic mass is 32.2. The minimum Gasteiger partial charge on any atom is -0.356 e. The fraction of sp³-hybridized carbons (Fsp3) is 0.500. The normalized spacial score (nSPS) is 25.0. The summed E-state index contributed by atoms with van der Waals surface area (Å²) in [4.78, 5) is 17.0. The fourth-order valence-corrected chi connectivity index (χ4v) is 7.35. The number of fused-ring (bicyclic) bond motifs is 2. The third-order valence-electron chi connectivity index (χ3n) is 6.75. The number of hydrogen-bond donors (Lipinski definition) is 0. The molecule has 3 aliphatic rings. The minimum atomic E-state index is -4.47. The van der Waals surface area contributed by atoms with E-state index in [1.54, 1.807) is 23.1 Å². The second kappa shape index (κ2) is 7.76. The van der Waals surface area contributed by atoms with Crippen molar-refractivity contribution in [2.75, 3.05) is 41.7 Å². The van der Waals surface area contributed by atoms with E-state index in [1.165, 1.54) is 4.70 Å². The summed E-state index contributed by atoms with van der Waals surface area (Å²) in [5.41, 5.74) is 0.202. The number of aromatic nitrogens is 3. The lowest BCUT2D eigenvalue weighted by Crippen LogP contribution is -2.28. The average Bonchev–Trinajstić information content (AvgIpc) is 3.29. The second-order valence-corrected chi connectivity index (χ2v) is 11.1. The van der Waals surface area contributed by atoms with Gasteiger partial charge >= 0.3 is 6.18 Å². The molecule has 3 aromatic rings. The summed E-state index contributed by atoms with van der Waals surface area (Å²) in [7, 11) is 0. The summed E-state index contributed by atoms with van der Waals surface area (Å²) in [6, 6.07) is 9.28. The molecule has 0 amide bonds. The Morgan fingerprint density at radius 1 is 1.00 bits per heavy atom. The molecule has 1 saturated carbocycles. The number of halogens is 3. The summed E-state index contributed by atoms with van der Waals surface area (Å²) in [5, 5.41) is 0. The number of anilines is 2. The van der Waals surface area contributed by atoms with E-state index in [4.69, 9.17) is 4.98 Å². The maximum Gasteiger partial charge on any atom is 0.433 e. The molecule has 0 bridgehead atoms. The van der Waals surface area contributed by atoms with Gasteiger partial charge < -0.3 is 9.80 Å². The number of thiazole rings is 1. The Morgan fingerprint density at radius 2 is 1.75 bits per heavy atom. The van der Waals surface area contributed by atoms with E-state index in [2.05, 4.69) is 16.0 Å². The molecule has 32 heavy (non-hydrogen) atoms. The van der Waals surface area contributed by atoms with Gasteiger partial charge in [-0.25, -0.2) is 9.97 Å². The highest BCUT2D eigenvalue weighted by molar-refractivity contribution is 8.01. The molecule has 2 atom stereocenters. The Morgan fingerprint density at radius 3 is 2.47 bits per heavy atom. The SMILES string of the molecule is FC(F)(F)c1cc(N2CC3C(CSc4nc5ccccc5s4)C3C2)nc(N2CCCC2)n1. The van der Waals surface area contributed by atoms with Crippen molar-refractivity contribution in [1.29, 1.82) is 0 Å². The first kappa shape index (κ1) is 20.5. The van der Waals surface area contributed by atoms with Crippen molar-refractivity contribution in [2.24, 2.45) is 17.8 Å². The zero-order valence-corrected chi connectivity index (χ0v) is 18.9. The first-order valence-corrected chi connectivity index (χ1v) is 12.7. The molecule has 6 rings (SSSR count). The molecule has 2 saturated heterocycles. The number of benzene rings is 1. The second-order valence-electron chi connectivity index (χ2n) is 8.76. The van der Waals surface area contributed by atoms with Crippen LogP contribution >= 0.6 is 23.1 Å². The highest BCUT2D eigenvalue weighted by Crippen LogP contribution is 2.54. The molecule has 4 heterocycles. The van der Waals surface area contributed by atoms with Gasteiger partial charge in [0.2, 0.25) is 5.95 Å².